The van der Waals surface area contributed by atoms with E-state index in [1.807, 2.05) is 12.2 Å². The summed E-state index contributed by atoms with van der Waals surface area (Å²) in [4.78, 5) is 4.94. The number of allylic oxidation sites excluding steroid dienone is 2. The van der Waals surface area contributed by atoms with Crippen LogP contribution in [0.1, 0.15) is 0 Å². The van der Waals surface area contributed by atoms with Crippen LogP contribution in [0.2, 0.25) is 0 Å². The van der Waals surface area contributed by atoms with Gasteiger partial charge in [0.2, 0.25) is 0 Å². The van der Waals surface area contributed by atoms with Gasteiger partial charge in [-0.15, -0.1) is 0 Å². The number of fused-ring (bicyclic) bond motifs is 1. The van der Waals surface area contributed by atoms with Gasteiger partial charge in [-0.2, -0.15) is 4.94 Å². The summed E-state index contributed by atoms with van der Waals surface area (Å²) in [7, 11) is 0. The molecule has 0 saturated heterocycles. The fourth-order valence-electron chi connectivity index (χ4n) is 1.05. The van der Waals surface area contributed by atoms with Crippen LogP contribution in [0, 0.1) is 0 Å². The van der Waals surface area contributed by atoms with E-state index in [2.05, 4.69) is 5.48 Å². The lowest BCUT2D eigenvalue weighted by Crippen LogP contribution is -2.18. The first-order valence-electron chi connectivity index (χ1n) is 3.32. The average Bonchev–Trinajstić information content (AvgIpc) is 2.50. The van der Waals surface area contributed by atoms with E-state index in [1.165, 1.54) is 0 Å². The van der Waals surface area contributed by atoms with Gasteiger partial charge in [-0.1, -0.05) is 6.08 Å². The number of hydrogen-bond donors (Lipinski definition) is 2. The second-order valence-corrected chi connectivity index (χ2v) is 2.26. The number of hydroxylamine groups is 3. The monoisotopic (exact) mass is 152 g/mol. The molecular weight excluding hydrogens is 144 g/mol. The van der Waals surface area contributed by atoms with Crippen LogP contribution in [0.3, 0.4) is 0 Å². The Balaban J connectivity index is 2.31. The van der Waals surface area contributed by atoms with Crippen molar-refractivity contribution in [2.45, 2.75) is 0 Å². The van der Waals surface area contributed by atoms with Crippen molar-refractivity contribution in [2.24, 2.45) is 0 Å². The van der Waals surface area contributed by atoms with Crippen LogP contribution in [0.15, 0.2) is 35.8 Å². The van der Waals surface area contributed by atoms with E-state index < -0.39 is 0 Å². The number of aliphatic hydroxyl groups is 1. The lowest BCUT2D eigenvalue weighted by Gasteiger charge is -2.17. The van der Waals surface area contributed by atoms with Crippen LogP contribution in [0.5, 0.6) is 0 Å². The minimum Gasteiger partial charge on any atom is -0.392 e. The maximum atomic E-state index is 8.89. The highest BCUT2D eigenvalue weighted by Gasteiger charge is 2.19. The van der Waals surface area contributed by atoms with Gasteiger partial charge in [0.25, 0.3) is 0 Å². The van der Waals surface area contributed by atoms with Crippen LogP contribution >= 0.6 is 0 Å². The molecule has 0 spiro atoms. The molecular formula is C7H8N2O2. The number of nitrogens with one attached hydrogen (secondary N) is 1. The molecule has 0 aliphatic carbocycles. The molecule has 0 unspecified atom stereocenters. The Hall–Kier alpha value is -1.26. The zero-order valence-electron chi connectivity index (χ0n) is 5.82. The SMILES string of the molecule is OCC1=CC=CN2ONC=C12. The highest BCUT2D eigenvalue weighted by molar-refractivity contribution is 5.37. The molecule has 2 heterocycles. The molecule has 2 aliphatic rings. The topological polar surface area (TPSA) is 44.7 Å². The molecule has 0 aromatic rings. The van der Waals surface area contributed by atoms with E-state index in [0.29, 0.717) is 0 Å². The van der Waals surface area contributed by atoms with E-state index >= 15 is 0 Å². The average molecular weight is 152 g/mol. The Morgan fingerprint density at radius 3 is 3.36 bits per heavy atom. The zero-order valence-corrected chi connectivity index (χ0v) is 5.82. The summed E-state index contributed by atoms with van der Waals surface area (Å²) in [6.45, 7) is 0.0255. The third kappa shape index (κ3) is 0.923. The molecule has 4 nitrogen and oxygen atoms in total. The Morgan fingerprint density at radius 2 is 2.55 bits per heavy atom. The van der Waals surface area contributed by atoms with E-state index in [4.69, 9.17) is 10.0 Å². The highest BCUT2D eigenvalue weighted by atomic mass is 16.8. The molecule has 4 heteroatoms. The van der Waals surface area contributed by atoms with E-state index in [-0.39, 0.29) is 6.61 Å². The lowest BCUT2D eigenvalue weighted by molar-refractivity contribution is -0.113. The number of rotatable bonds is 1. The van der Waals surface area contributed by atoms with E-state index in [1.54, 1.807) is 17.5 Å². The Kier molecular flexibility index (Phi) is 1.41. The molecule has 2 N–H and O–H groups in total. The van der Waals surface area contributed by atoms with Gasteiger partial charge < -0.3 is 5.11 Å². The minimum atomic E-state index is 0.0255. The molecule has 2 rings (SSSR count). The summed E-state index contributed by atoms with van der Waals surface area (Å²) < 4.78 is 0. The van der Waals surface area contributed by atoms with Crippen molar-refractivity contribution < 1.29 is 10.0 Å². The second kappa shape index (κ2) is 2.41. The van der Waals surface area contributed by atoms with Gasteiger partial charge in [0.1, 0.15) is 0 Å². The van der Waals surface area contributed by atoms with Crippen molar-refractivity contribution in [1.29, 1.82) is 0 Å². The molecule has 0 amide bonds. The second-order valence-electron chi connectivity index (χ2n) is 2.26. The van der Waals surface area contributed by atoms with Crippen LogP contribution in [0.4, 0.5) is 0 Å². The van der Waals surface area contributed by atoms with Gasteiger partial charge in [-0.3, -0.25) is 0 Å². The van der Waals surface area contributed by atoms with Crippen LogP contribution in [0.25, 0.3) is 0 Å². The molecule has 0 radical (unpaired) electrons. The summed E-state index contributed by atoms with van der Waals surface area (Å²) in [5.74, 6) is 0. The molecule has 2 aliphatic heterocycles. The van der Waals surface area contributed by atoms with Crippen molar-refractivity contribution in [2.75, 3.05) is 6.61 Å². The smallest absolute Gasteiger partial charge is 0.0949 e. The van der Waals surface area contributed by atoms with Crippen LogP contribution < -0.4 is 5.48 Å². The van der Waals surface area contributed by atoms with Crippen molar-refractivity contribution in [3.05, 3.63) is 35.8 Å². The van der Waals surface area contributed by atoms with Gasteiger partial charge in [0.15, 0.2) is 0 Å². The molecule has 11 heavy (non-hydrogen) atoms. The number of nitrogens with zero attached hydrogens (tertiary/aromatic N) is 1. The van der Waals surface area contributed by atoms with Crippen LogP contribution in [-0.2, 0) is 4.94 Å². The van der Waals surface area contributed by atoms with Crippen LogP contribution in [-0.4, -0.2) is 16.8 Å². The maximum absolute atomic E-state index is 8.89. The standard InChI is InChI=1S/C7H8N2O2/c10-5-6-2-1-3-9-7(6)4-8-11-9/h1-4,8,10H,5H2. The first kappa shape index (κ1) is 6.45. The Labute approximate surface area is 64.0 Å². The molecule has 0 aromatic carbocycles. The third-order valence-electron chi connectivity index (χ3n) is 1.60. The fraction of sp³-hybridized carbons (Fsp3) is 0.143. The minimum absolute atomic E-state index is 0.0255. The summed E-state index contributed by atoms with van der Waals surface area (Å²) >= 11 is 0. The van der Waals surface area contributed by atoms with Gasteiger partial charge in [0.05, 0.1) is 18.5 Å². The summed E-state index contributed by atoms with van der Waals surface area (Å²) in [6, 6.07) is 0. The Bertz CT molecular complexity index is 255. The summed E-state index contributed by atoms with van der Waals surface area (Å²) in [6.07, 6.45) is 7.13. The Morgan fingerprint density at radius 1 is 1.64 bits per heavy atom. The van der Waals surface area contributed by atoms with Crippen molar-refractivity contribution >= 4 is 0 Å². The largest absolute Gasteiger partial charge is 0.392 e. The van der Waals surface area contributed by atoms with E-state index in [0.717, 1.165) is 11.3 Å². The molecule has 58 valence electrons. The van der Waals surface area contributed by atoms with Gasteiger partial charge >= 0.3 is 0 Å². The first-order valence-corrected chi connectivity index (χ1v) is 3.32. The summed E-state index contributed by atoms with van der Waals surface area (Å²) in [5.41, 5.74) is 4.29. The van der Waals surface area contributed by atoms with Gasteiger partial charge in [-0.25, -0.2) is 10.5 Å². The zero-order chi connectivity index (χ0) is 7.68. The molecule has 0 fully saturated rings. The predicted molar refractivity (Wildman–Crippen MR) is 38.5 cm³/mol. The number of hydrogen-bond acceptors (Lipinski definition) is 4. The molecule has 0 atom stereocenters. The predicted octanol–water partition coefficient (Wildman–Crippen LogP) is 0.0256. The normalized spacial score (nSPS) is 20.6. The fourth-order valence-corrected chi connectivity index (χ4v) is 1.05. The molecule has 0 aromatic heterocycles. The van der Waals surface area contributed by atoms with E-state index in [9.17, 15) is 0 Å². The van der Waals surface area contributed by atoms with Crippen molar-refractivity contribution in [3.8, 4) is 0 Å². The lowest BCUT2D eigenvalue weighted by atomic mass is 10.1. The molecule has 0 bridgehead atoms. The highest BCUT2D eigenvalue weighted by Crippen LogP contribution is 2.22. The summed E-state index contributed by atoms with van der Waals surface area (Å²) in [5, 5.41) is 10.4. The van der Waals surface area contributed by atoms with Gasteiger partial charge in [-0.05, 0) is 6.08 Å². The first-order chi connectivity index (χ1) is 5.42. The van der Waals surface area contributed by atoms with Crippen molar-refractivity contribution in [3.63, 3.8) is 0 Å². The van der Waals surface area contributed by atoms with Crippen molar-refractivity contribution in [1.82, 2.24) is 10.5 Å². The third-order valence-corrected chi connectivity index (χ3v) is 1.60. The molecule has 0 saturated carbocycles. The number of aliphatic hydroxyl groups excluding tert-OH is 1. The van der Waals surface area contributed by atoms with Gasteiger partial charge in [0, 0.05) is 11.8 Å². The quantitative estimate of drug-likeness (QED) is 0.556. The maximum Gasteiger partial charge on any atom is 0.0949 e.